The normalized spacial score (nSPS) is 8.64. The van der Waals surface area contributed by atoms with E-state index in [0.29, 0.717) is 5.57 Å². The van der Waals surface area contributed by atoms with Crippen molar-refractivity contribution in [3.63, 3.8) is 0 Å². The molecule has 0 radical (unpaired) electrons. The lowest BCUT2D eigenvalue weighted by Crippen LogP contribution is -1.64. The van der Waals surface area contributed by atoms with Gasteiger partial charge >= 0.3 is 0 Å². The van der Waals surface area contributed by atoms with Crippen molar-refractivity contribution in [3.8, 4) is 6.07 Å². The van der Waals surface area contributed by atoms with Crippen LogP contribution in [-0.2, 0) is 0 Å². The highest BCUT2D eigenvalue weighted by Crippen LogP contribution is 2.01. The standard InChI is InChI=1S/C8H7Br.C4H5N/c9-7-6-8-4-2-1-3-5-8;1-4(2)3-5/h1-7H;1H2,2H3. The Hall–Kier alpha value is -1.33. The van der Waals surface area contributed by atoms with Crippen molar-refractivity contribution in [2.45, 2.75) is 6.92 Å². The molecule has 1 nitrogen and oxygen atoms in total. The van der Waals surface area contributed by atoms with Gasteiger partial charge < -0.3 is 0 Å². The Morgan fingerprint density at radius 1 is 1.43 bits per heavy atom. The molecule has 0 aliphatic heterocycles. The summed E-state index contributed by atoms with van der Waals surface area (Å²) in [5.74, 6) is 0. The number of hydrogen-bond acceptors (Lipinski definition) is 1. The van der Waals surface area contributed by atoms with E-state index in [0.717, 1.165) is 0 Å². The molecule has 14 heavy (non-hydrogen) atoms. The van der Waals surface area contributed by atoms with Crippen LogP contribution in [0.3, 0.4) is 0 Å². The third kappa shape index (κ3) is 7.33. The van der Waals surface area contributed by atoms with Gasteiger partial charge in [0, 0.05) is 5.57 Å². The van der Waals surface area contributed by atoms with Crippen LogP contribution in [0.5, 0.6) is 0 Å². The van der Waals surface area contributed by atoms with Crippen molar-refractivity contribution in [2.75, 3.05) is 0 Å². The number of benzene rings is 1. The van der Waals surface area contributed by atoms with Crippen LogP contribution in [0.25, 0.3) is 6.08 Å². The lowest BCUT2D eigenvalue weighted by Gasteiger charge is -1.86. The van der Waals surface area contributed by atoms with E-state index in [2.05, 4.69) is 34.6 Å². The van der Waals surface area contributed by atoms with E-state index in [9.17, 15) is 0 Å². The van der Waals surface area contributed by atoms with E-state index in [4.69, 9.17) is 5.26 Å². The minimum atomic E-state index is 0.560. The number of rotatable bonds is 1. The molecule has 2 heteroatoms. The van der Waals surface area contributed by atoms with Gasteiger partial charge in [0.25, 0.3) is 0 Å². The second-order valence-electron chi connectivity index (χ2n) is 2.60. The molecule has 0 saturated heterocycles. The Bertz CT molecular complexity index is 333. The van der Waals surface area contributed by atoms with Crippen LogP contribution in [0.1, 0.15) is 12.5 Å². The first-order chi connectivity index (χ1) is 6.70. The Labute approximate surface area is 93.5 Å². The molecule has 0 bridgehead atoms. The average Bonchev–Trinajstić information content (AvgIpc) is 2.21. The van der Waals surface area contributed by atoms with Crippen LogP contribution in [-0.4, -0.2) is 0 Å². The molecule has 0 unspecified atom stereocenters. The molecule has 0 N–H and O–H groups in total. The van der Waals surface area contributed by atoms with Crippen molar-refractivity contribution in [1.29, 1.82) is 5.26 Å². The molecule has 1 aromatic carbocycles. The molecule has 0 aromatic heterocycles. The summed E-state index contributed by atoms with van der Waals surface area (Å²) in [5.41, 5.74) is 1.78. The zero-order valence-electron chi connectivity index (χ0n) is 8.07. The zero-order chi connectivity index (χ0) is 10.8. The highest BCUT2D eigenvalue weighted by Gasteiger charge is 1.78. The fraction of sp³-hybridized carbons (Fsp3) is 0.0833. The molecule has 0 heterocycles. The summed E-state index contributed by atoms with van der Waals surface area (Å²) in [6, 6.07) is 12.0. The molecule has 0 aliphatic carbocycles. The molecule has 0 atom stereocenters. The summed E-state index contributed by atoms with van der Waals surface area (Å²) in [6.07, 6.45) is 2.00. The van der Waals surface area contributed by atoms with Gasteiger partial charge in [0.05, 0.1) is 6.07 Å². The smallest absolute Gasteiger partial charge is 0.0937 e. The van der Waals surface area contributed by atoms with Gasteiger partial charge in [-0.25, -0.2) is 0 Å². The Morgan fingerprint density at radius 2 is 1.93 bits per heavy atom. The topological polar surface area (TPSA) is 23.8 Å². The summed E-state index contributed by atoms with van der Waals surface area (Å²) >= 11 is 3.21. The van der Waals surface area contributed by atoms with Crippen LogP contribution in [0, 0.1) is 11.3 Å². The van der Waals surface area contributed by atoms with Crippen molar-refractivity contribution in [3.05, 3.63) is 53.0 Å². The first-order valence-electron chi connectivity index (χ1n) is 4.08. The summed E-state index contributed by atoms with van der Waals surface area (Å²) in [5, 5.41) is 7.79. The molecule has 0 amide bonds. The largest absolute Gasteiger partial charge is 0.193 e. The maximum absolute atomic E-state index is 7.79. The molecular formula is C12H12BrN. The van der Waals surface area contributed by atoms with Crippen LogP contribution in [0.15, 0.2) is 47.5 Å². The predicted molar refractivity (Wildman–Crippen MR) is 64.8 cm³/mol. The summed E-state index contributed by atoms with van der Waals surface area (Å²) in [6.45, 7) is 4.98. The predicted octanol–water partition coefficient (Wildman–Crippen LogP) is 4.14. The van der Waals surface area contributed by atoms with Crippen LogP contribution in [0.2, 0.25) is 0 Å². The number of allylic oxidation sites excluding steroid dienone is 1. The monoisotopic (exact) mass is 249 g/mol. The van der Waals surface area contributed by atoms with E-state index in [1.54, 1.807) is 6.92 Å². The number of halogens is 1. The first kappa shape index (κ1) is 12.7. The van der Waals surface area contributed by atoms with E-state index >= 15 is 0 Å². The second kappa shape index (κ2) is 8.28. The average molecular weight is 250 g/mol. The van der Waals surface area contributed by atoms with Gasteiger partial charge in [-0.15, -0.1) is 0 Å². The van der Waals surface area contributed by atoms with Crippen LogP contribution < -0.4 is 0 Å². The number of nitriles is 1. The van der Waals surface area contributed by atoms with E-state index in [-0.39, 0.29) is 0 Å². The first-order valence-corrected chi connectivity index (χ1v) is 4.99. The zero-order valence-corrected chi connectivity index (χ0v) is 9.66. The Morgan fingerprint density at radius 3 is 2.29 bits per heavy atom. The van der Waals surface area contributed by atoms with Gasteiger partial charge in [0.15, 0.2) is 0 Å². The maximum Gasteiger partial charge on any atom is 0.0937 e. The molecule has 0 saturated carbocycles. The highest BCUT2D eigenvalue weighted by atomic mass is 79.9. The summed E-state index contributed by atoms with van der Waals surface area (Å²) in [7, 11) is 0. The number of nitrogens with zero attached hydrogens (tertiary/aromatic N) is 1. The van der Waals surface area contributed by atoms with Gasteiger partial charge in [0.2, 0.25) is 0 Å². The number of hydrogen-bond donors (Lipinski definition) is 0. The fourth-order valence-electron chi connectivity index (χ4n) is 0.637. The maximum atomic E-state index is 7.79. The SMILES string of the molecule is BrC=Cc1ccccc1.C=C(C)C#N. The van der Waals surface area contributed by atoms with Crippen molar-refractivity contribution in [2.24, 2.45) is 0 Å². The minimum Gasteiger partial charge on any atom is -0.193 e. The van der Waals surface area contributed by atoms with Crippen LogP contribution >= 0.6 is 15.9 Å². The van der Waals surface area contributed by atoms with E-state index in [1.165, 1.54) is 5.56 Å². The van der Waals surface area contributed by atoms with Gasteiger partial charge in [-0.2, -0.15) is 5.26 Å². The van der Waals surface area contributed by atoms with Gasteiger partial charge in [-0.05, 0) is 23.5 Å². The van der Waals surface area contributed by atoms with Gasteiger partial charge in [0.1, 0.15) is 0 Å². The van der Waals surface area contributed by atoms with Crippen molar-refractivity contribution in [1.82, 2.24) is 0 Å². The molecule has 0 spiro atoms. The summed E-state index contributed by atoms with van der Waals surface area (Å²) in [4.78, 5) is 1.85. The molecule has 72 valence electrons. The Balaban J connectivity index is 0.000000292. The molecule has 1 rings (SSSR count). The molecule has 0 aliphatic rings. The van der Waals surface area contributed by atoms with Gasteiger partial charge in [-0.1, -0.05) is 52.8 Å². The molecule has 1 aromatic rings. The lowest BCUT2D eigenvalue weighted by molar-refractivity contribution is 1.46. The second-order valence-corrected chi connectivity index (χ2v) is 3.12. The van der Waals surface area contributed by atoms with Crippen molar-refractivity contribution < 1.29 is 0 Å². The molecule has 0 fully saturated rings. The third-order valence-corrected chi connectivity index (χ3v) is 1.51. The van der Waals surface area contributed by atoms with Crippen LogP contribution in [0.4, 0.5) is 0 Å². The fourth-order valence-corrected chi connectivity index (χ4v) is 0.942. The lowest BCUT2D eigenvalue weighted by atomic mass is 10.2. The minimum absolute atomic E-state index is 0.560. The third-order valence-electron chi connectivity index (χ3n) is 1.25. The van der Waals surface area contributed by atoms with E-state index < -0.39 is 0 Å². The van der Waals surface area contributed by atoms with Gasteiger partial charge in [-0.3, -0.25) is 0 Å². The summed E-state index contributed by atoms with van der Waals surface area (Å²) < 4.78 is 0. The molecular weight excluding hydrogens is 238 g/mol. The Kier molecular flexibility index (Phi) is 7.49. The van der Waals surface area contributed by atoms with Crippen molar-refractivity contribution >= 4 is 22.0 Å². The quantitative estimate of drug-likeness (QED) is 0.687. The van der Waals surface area contributed by atoms with E-state index in [1.807, 2.05) is 35.3 Å². The highest BCUT2D eigenvalue weighted by molar-refractivity contribution is 9.11.